The summed E-state index contributed by atoms with van der Waals surface area (Å²) in [6.45, 7) is 0. The lowest BCUT2D eigenvalue weighted by molar-refractivity contribution is 0.450. The normalized spacial score (nSPS) is 11.3. The van der Waals surface area contributed by atoms with E-state index in [4.69, 9.17) is 0 Å². The van der Waals surface area contributed by atoms with Gasteiger partial charge in [-0.15, -0.1) is 0 Å². The summed E-state index contributed by atoms with van der Waals surface area (Å²) in [5.41, 5.74) is 1.38. The molecule has 0 saturated carbocycles. The Labute approximate surface area is 154 Å². The molecule has 27 heavy (non-hydrogen) atoms. The van der Waals surface area contributed by atoms with Gasteiger partial charge in [0.05, 0.1) is 17.1 Å². The maximum atomic E-state index is 13.0. The van der Waals surface area contributed by atoms with Crippen LogP contribution in [0.2, 0.25) is 0 Å². The smallest absolute Gasteiger partial charge is 0.282 e. The maximum Gasteiger partial charge on any atom is 0.282 e. The summed E-state index contributed by atoms with van der Waals surface area (Å²) in [5, 5.41) is 24.1. The highest BCUT2D eigenvalue weighted by atomic mass is 16.3. The Morgan fingerprint density at radius 1 is 0.926 bits per heavy atom. The van der Waals surface area contributed by atoms with Crippen molar-refractivity contribution < 1.29 is 10.2 Å². The number of fused-ring (bicyclic) bond motifs is 1. The molecular weight excluding hydrogens is 342 g/mol. The Balaban J connectivity index is 1.94. The van der Waals surface area contributed by atoms with E-state index in [0.717, 1.165) is 5.56 Å². The fourth-order valence-corrected chi connectivity index (χ4v) is 2.77. The van der Waals surface area contributed by atoms with Crippen molar-refractivity contribution in [1.29, 1.82) is 0 Å². The number of para-hydroxylation sites is 1. The molecular formula is C21H15N3O3. The molecule has 0 saturated heterocycles. The molecule has 0 aliphatic heterocycles. The van der Waals surface area contributed by atoms with E-state index in [9.17, 15) is 15.0 Å². The van der Waals surface area contributed by atoms with Crippen LogP contribution in [-0.2, 0) is 0 Å². The molecule has 4 rings (SSSR count). The number of benzene rings is 3. The number of phenols is 2. The van der Waals surface area contributed by atoms with Crippen LogP contribution in [0.3, 0.4) is 0 Å². The molecule has 0 radical (unpaired) electrons. The largest absolute Gasteiger partial charge is 0.508 e. The lowest BCUT2D eigenvalue weighted by Crippen LogP contribution is -2.20. The minimum atomic E-state index is -0.311. The van der Waals surface area contributed by atoms with Crippen LogP contribution < -0.4 is 5.56 Å². The van der Waals surface area contributed by atoms with Crippen molar-refractivity contribution >= 4 is 17.1 Å². The Hall–Kier alpha value is -3.93. The molecule has 6 nitrogen and oxygen atoms in total. The monoisotopic (exact) mass is 357 g/mol. The summed E-state index contributed by atoms with van der Waals surface area (Å²) in [6, 6.07) is 20.5. The molecule has 0 bridgehead atoms. The van der Waals surface area contributed by atoms with Crippen LogP contribution in [0.15, 0.2) is 82.7 Å². The molecule has 0 fully saturated rings. The molecule has 1 heterocycles. The fraction of sp³-hybridized carbons (Fsp3) is 0. The van der Waals surface area contributed by atoms with Crippen LogP contribution in [0.1, 0.15) is 5.56 Å². The second kappa shape index (κ2) is 6.76. The van der Waals surface area contributed by atoms with E-state index in [1.807, 2.05) is 36.4 Å². The Morgan fingerprint density at radius 2 is 1.67 bits per heavy atom. The second-order valence-corrected chi connectivity index (χ2v) is 5.92. The predicted molar refractivity (Wildman–Crippen MR) is 104 cm³/mol. The number of phenolic OH excluding ortho intramolecular Hbond substituents is 2. The highest BCUT2D eigenvalue weighted by molar-refractivity contribution is 5.84. The number of rotatable bonds is 3. The second-order valence-electron chi connectivity index (χ2n) is 5.92. The topological polar surface area (TPSA) is 87.7 Å². The lowest BCUT2D eigenvalue weighted by Gasteiger charge is -2.09. The van der Waals surface area contributed by atoms with Gasteiger partial charge in [0.25, 0.3) is 5.56 Å². The first-order valence-electron chi connectivity index (χ1n) is 8.27. The van der Waals surface area contributed by atoms with Crippen LogP contribution in [0.25, 0.3) is 22.3 Å². The maximum absolute atomic E-state index is 13.0. The first-order chi connectivity index (χ1) is 13.1. The number of aromatic nitrogens is 2. The SMILES string of the molecule is O=c1c2ccccc2nc(-c2ccccc2)n1/N=C\c1ccc(O)cc1O. The van der Waals surface area contributed by atoms with E-state index in [-0.39, 0.29) is 17.1 Å². The van der Waals surface area contributed by atoms with Crippen molar-refractivity contribution in [2.45, 2.75) is 0 Å². The molecule has 132 valence electrons. The number of hydrogen-bond donors (Lipinski definition) is 2. The van der Waals surface area contributed by atoms with Gasteiger partial charge < -0.3 is 10.2 Å². The summed E-state index contributed by atoms with van der Waals surface area (Å²) < 4.78 is 1.21. The van der Waals surface area contributed by atoms with Crippen molar-refractivity contribution in [1.82, 2.24) is 9.66 Å². The lowest BCUT2D eigenvalue weighted by atomic mass is 10.2. The molecule has 1 aromatic heterocycles. The van der Waals surface area contributed by atoms with Gasteiger partial charge in [-0.3, -0.25) is 4.79 Å². The van der Waals surface area contributed by atoms with Crippen LogP contribution in [0, 0.1) is 0 Å². The molecule has 0 atom stereocenters. The van der Waals surface area contributed by atoms with Crippen molar-refractivity contribution in [2.75, 3.05) is 0 Å². The molecule has 2 N–H and O–H groups in total. The van der Waals surface area contributed by atoms with Gasteiger partial charge in [0, 0.05) is 17.2 Å². The minimum Gasteiger partial charge on any atom is -0.508 e. The van der Waals surface area contributed by atoms with E-state index < -0.39 is 0 Å². The highest BCUT2D eigenvalue weighted by Gasteiger charge is 2.12. The zero-order valence-electron chi connectivity index (χ0n) is 14.1. The molecule has 4 aromatic rings. The molecule has 0 aliphatic rings. The van der Waals surface area contributed by atoms with E-state index in [1.54, 1.807) is 18.2 Å². The third kappa shape index (κ3) is 3.16. The third-order valence-corrected chi connectivity index (χ3v) is 4.11. The van der Waals surface area contributed by atoms with Gasteiger partial charge in [-0.25, -0.2) is 4.98 Å². The predicted octanol–water partition coefficient (Wildman–Crippen LogP) is 3.36. The average Bonchev–Trinajstić information content (AvgIpc) is 2.69. The molecule has 0 unspecified atom stereocenters. The Morgan fingerprint density at radius 3 is 2.44 bits per heavy atom. The standard InChI is InChI=1S/C21H15N3O3/c25-16-11-10-15(19(26)12-16)13-22-24-20(14-6-2-1-3-7-14)23-18-9-5-4-8-17(18)21(24)27/h1-13,25-26H/b22-13-. The number of aromatic hydroxyl groups is 2. The summed E-state index contributed by atoms with van der Waals surface area (Å²) in [5.74, 6) is 0.204. The molecule has 3 aromatic carbocycles. The first kappa shape index (κ1) is 16.5. The Kier molecular flexibility index (Phi) is 4.14. The highest BCUT2D eigenvalue weighted by Crippen LogP contribution is 2.22. The number of hydrogen-bond acceptors (Lipinski definition) is 5. The quantitative estimate of drug-likeness (QED) is 0.550. The fourth-order valence-electron chi connectivity index (χ4n) is 2.77. The third-order valence-electron chi connectivity index (χ3n) is 4.11. The molecule has 0 aliphatic carbocycles. The van der Waals surface area contributed by atoms with Crippen molar-refractivity contribution in [3.63, 3.8) is 0 Å². The van der Waals surface area contributed by atoms with Gasteiger partial charge in [0.2, 0.25) is 0 Å². The van der Waals surface area contributed by atoms with E-state index in [0.29, 0.717) is 22.3 Å². The first-order valence-corrected chi connectivity index (χ1v) is 8.27. The van der Waals surface area contributed by atoms with Crippen molar-refractivity contribution in [3.05, 3.63) is 88.7 Å². The Bertz CT molecular complexity index is 1210. The van der Waals surface area contributed by atoms with Gasteiger partial charge in [-0.05, 0) is 24.3 Å². The van der Waals surface area contributed by atoms with E-state index >= 15 is 0 Å². The zero-order chi connectivity index (χ0) is 18.8. The van der Waals surface area contributed by atoms with E-state index in [2.05, 4.69) is 10.1 Å². The number of nitrogens with zero attached hydrogens (tertiary/aromatic N) is 3. The van der Waals surface area contributed by atoms with Gasteiger partial charge in [0.1, 0.15) is 11.5 Å². The molecule has 6 heteroatoms. The van der Waals surface area contributed by atoms with Gasteiger partial charge in [-0.2, -0.15) is 9.78 Å². The summed E-state index contributed by atoms with van der Waals surface area (Å²) in [6.07, 6.45) is 1.36. The van der Waals surface area contributed by atoms with Gasteiger partial charge >= 0.3 is 0 Å². The zero-order valence-corrected chi connectivity index (χ0v) is 14.1. The van der Waals surface area contributed by atoms with Gasteiger partial charge in [-0.1, -0.05) is 42.5 Å². The van der Waals surface area contributed by atoms with E-state index in [1.165, 1.54) is 29.1 Å². The van der Waals surface area contributed by atoms with Crippen LogP contribution >= 0.6 is 0 Å². The van der Waals surface area contributed by atoms with Crippen LogP contribution in [-0.4, -0.2) is 26.1 Å². The van der Waals surface area contributed by atoms with Crippen molar-refractivity contribution in [3.8, 4) is 22.9 Å². The van der Waals surface area contributed by atoms with Crippen LogP contribution in [0.4, 0.5) is 0 Å². The molecule has 0 spiro atoms. The summed E-state index contributed by atoms with van der Waals surface area (Å²) in [7, 11) is 0. The minimum absolute atomic E-state index is 0.0563. The summed E-state index contributed by atoms with van der Waals surface area (Å²) >= 11 is 0. The molecule has 0 amide bonds. The van der Waals surface area contributed by atoms with Crippen molar-refractivity contribution in [2.24, 2.45) is 5.10 Å². The van der Waals surface area contributed by atoms with Crippen LogP contribution in [0.5, 0.6) is 11.5 Å². The van der Waals surface area contributed by atoms with Gasteiger partial charge in [0.15, 0.2) is 5.82 Å². The average molecular weight is 357 g/mol. The summed E-state index contributed by atoms with van der Waals surface area (Å²) in [4.78, 5) is 17.6.